The Kier molecular flexibility index (Phi) is 4.93. The van der Waals surface area contributed by atoms with Crippen molar-refractivity contribution in [3.63, 3.8) is 0 Å². The van der Waals surface area contributed by atoms with Crippen LogP contribution in [0.25, 0.3) is 161 Å². The quantitative estimate of drug-likeness (QED) is 0.140. The van der Waals surface area contributed by atoms with Crippen molar-refractivity contribution in [2.24, 2.45) is 0 Å². The van der Waals surface area contributed by atoms with Gasteiger partial charge in [-0.1, -0.05) is 248 Å². The second-order valence-corrected chi connectivity index (χ2v) is 24.7. The SMILES string of the molecule is [2H]c1c([2H])c([2H])c2c(c1[2H])-n1c3c([2H])c([2H])c([2H])c([2H])c3c3c([2H])c([2H])c([2H])c(c31)[Si]2(c1c([2H])c([2H])c([2H])c(-c2nc(-n3c4c([2H])c([2H])c([2H])c([2H])c4c4c([2H])c([2H])c([2H])c([2H])c43)nc(-n3c4c([2H])c([2H])c([2H])c([2H])c4c4c([2H])c([2H])c([2H])c([2H])c43)n2)c1[2H])c1c([2H])c([2H])c([2H])c(-c2nc(-n3c4c([2H])c([2H])c([2H])c([2H])c4c4c([2H])c([2H])c([2H])c([2H])c43)nc(-n3c4c([2H])c([2H])c([2H])c([2H])c4c4c([2H])c([2H])c([2H])c([2H])c43)n2)c1[2H]. The van der Waals surface area contributed by atoms with Crippen LogP contribution in [0.4, 0.5) is 0 Å². The molecule has 0 amide bonds. The predicted octanol–water partition coefficient (Wildman–Crippen LogP) is 16.6. The van der Waals surface area contributed by atoms with Crippen LogP contribution < -0.4 is 20.7 Å². The molecule has 446 valence electrons. The Morgan fingerprint density at radius 1 is 0.229 bits per heavy atom. The molecule has 0 atom stereocenters. The van der Waals surface area contributed by atoms with E-state index in [-0.39, 0.29) is 0 Å². The van der Waals surface area contributed by atoms with Gasteiger partial charge >= 0.3 is 0 Å². The Morgan fingerprint density at radius 2 is 0.490 bits per heavy atom. The summed E-state index contributed by atoms with van der Waals surface area (Å²) >= 11 is 0. The van der Waals surface area contributed by atoms with Crippen LogP contribution in [-0.2, 0) is 0 Å². The molecule has 0 N–H and O–H groups in total. The largest absolute Gasteiger partial charge is 0.309 e. The average molecular weight is 1290 g/mol. The molecule has 12 heteroatoms. The first-order valence-corrected chi connectivity index (χ1v) is 30.3. The van der Waals surface area contributed by atoms with E-state index in [4.69, 9.17) is 51.8 Å². The molecule has 0 bridgehead atoms. The first-order chi connectivity index (χ1) is 68.8. The highest BCUT2D eigenvalue weighted by atomic mass is 28.3. The lowest BCUT2D eigenvalue weighted by Crippen LogP contribution is -2.76. The zero-order valence-corrected chi connectivity index (χ0v) is 48.4. The molecule has 0 spiro atoms. The number of benzene rings is 13. The van der Waals surface area contributed by atoms with Crippen LogP contribution in [0.3, 0.4) is 0 Å². The van der Waals surface area contributed by atoms with Crippen molar-refractivity contribution in [3.8, 4) is 52.3 Å². The fourth-order valence-corrected chi connectivity index (χ4v) is 16.9. The summed E-state index contributed by atoms with van der Waals surface area (Å²) in [6, 6.07) is -61.2. The van der Waals surface area contributed by atoms with E-state index in [0.717, 1.165) is 0 Å². The summed E-state index contributed by atoms with van der Waals surface area (Å²) < 4.78 is 498. The van der Waals surface area contributed by atoms with Crippen molar-refractivity contribution >= 4 is 138 Å². The van der Waals surface area contributed by atoms with Crippen LogP contribution in [0.2, 0.25) is 0 Å². The first-order valence-electron chi connectivity index (χ1n) is 53.8. The Bertz CT molecular complexity index is 8810. The van der Waals surface area contributed by atoms with Gasteiger partial charge in [-0.3, -0.25) is 18.3 Å². The number of para-hydroxylation sites is 11. The minimum absolute atomic E-state index is 0.561. The maximum Gasteiger partial charge on any atom is 0.240 e. The Balaban J connectivity index is 1.03. The van der Waals surface area contributed by atoms with E-state index in [9.17, 15) is 48.0 Å². The molecule has 0 unspecified atom stereocenters. The standard InChI is InChI=1S/C84H51N11Si/c1-11-39-67-56(28-1)57-29-2-12-40-68(57)92(67)81-85-79(86-82(89-81)93-69-41-13-3-30-58(69)59-31-4-14-42-70(59)93)52-24-21-26-54(50-52)96(76-48-20-19-47-75(76)91-66-38-10-9-36-64(66)65-37-23-49-77(96)78(65)91)55-27-22-25-53(51-55)80-87-83(94-71-43-15-5-32-60(71)61-33-6-16-44-72(61)94)90-84(88-80)95-73-45-17-7-34-62(73)63-35-8-18-46-74(63)95/h1-51H/i1D,2D,3D,4D,5D,6D,7D,8D,9D,10D,11D,12D,13D,14D,15D,16D,17D,18D,19D,20D,21D,22D,23D,24D,25D,26D,27D,28D,29D,30D,31D,32D,33D,34D,35D,36D,37D,38D,39D,40D,41D,42D,43D,44D,45D,46D,47D,48D,49D,50D,51D. The highest BCUT2D eigenvalue weighted by Crippen LogP contribution is 2.40. The Morgan fingerprint density at radius 3 is 0.833 bits per heavy atom. The van der Waals surface area contributed by atoms with Crippen molar-refractivity contribution in [2.45, 2.75) is 0 Å². The molecule has 13 aromatic carbocycles. The zero-order chi connectivity index (χ0) is 107. The molecule has 0 saturated carbocycles. The van der Waals surface area contributed by atoms with Gasteiger partial charge in [0.25, 0.3) is 0 Å². The topological polar surface area (TPSA) is 102 Å². The van der Waals surface area contributed by atoms with Crippen LogP contribution in [0.5, 0.6) is 0 Å². The number of rotatable bonds is 8. The van der Waals surface area contributed by atoms with E-state index in [1.807, 2.05) is 0 Å². The number of hydrogen-bond donors (Lipinski definition) is 0. The third kappa shape index (κ3) is 7.29. The summed E-state index contributed by atoms with van der Waals surface area (Å²) in [5, 5.41) is -13.0. The Labute approximate surface area is 620 Å². The van der Waals surface area contributed by atoms with Gasteiger partial charge in [-0.15, -0.1) is 0 Å². The van der Waals surface area contributed by atoms with Crippen molar-refractivity contribution in [1.29, 1.82) is 0 Å². The summed E-state index contributed by atoms with van der Waals surface area (Å²) in [5.74, 6) is -7.85. The third-order valence-electron chi connectivity index (χ3n) is 16.5. The molecule has 96 heavy (non-hydrogen) atoms. The molecule has 8 heterocycles. The van der Waals surface area contributed by atoms with Crippen LogP contribution in [0, 0.1) is 0 Å². The summed E-state index contributed by atoms with van der Waals surface area (Å²) in [5.41, 5.74) is -12.8. The molecule has 0 saturated heterocycles. The van der Waals surface area contributed by atoms with E-state index in [2.05, 4.69) is 0 Å². The van der Waals surface area contributed by atoms with Gasteiger partial charge in [-0.05, 0) is 81.2 Å². The zero-order valence-electron chi connectivity index (χ0n) is 98.4. The third-order valence-corrected chi connectivity index (χ3v) is 20.7. The monoisotopic (exact) mass is 1290 g/mol. The smallest absolute Gasteiger partial charge is 0.240 e. The van der Waals surface area contributed by atoms with Crippen molar-refractivity contribution in [2.75, 3.05) is 0 Å². The lowest BCUT2D eigenvalue weighted by atomic mass is 10.1. The average Bonchev–Trinajstić information content (AvgIpc) is 1.56. The summed E-state index contributed by atoms with van der Waals surface area (Å²) in [6.45, 7) is 0. The van der Waals surface area contributed by atoms with E-state index < -0.39 is 498 Å². The molecule has 1 aliphatic heterocycles. The molecular formula is C84H51N11Si. The molecule has 7 aromatic heterocycles. The van der Waals surface area contributed by atoms with Gasteiger partial charge in [-0.2, -0.15) is 29.9 Å². The fourth-order valence-electron chi connectivity index (χ4n) is 12.7. The summed E-state index contributed by atoms with van der Waals surface area (Å²) in [7, 11) is -7.27. The van der Waals surface area contributed by atoms with Crippen LogP contribution in [0.1, 0.15) is 69.9 Å². The molecule has 20 aromatic rings. The first kappa shape index (κ1) is 23.6. The van der Waals surface area contributed by atoms with Gasteiger partial charge in [0.15, 0.2) is 19.7 Å². The van der Waals surface area contributed by atoms with Crippen LogP contribution >= 0.6 is 0 Å². The van der Waals surface area contributed by atoms with Crippen LogP contribution in [-0.4, -0.2) is 60.8 Å². The fraction of sp³-hybridized carbons (Fsp3) is 0. The van der Waals surface area contributed by atoms with Crippen molar-refractivity contribution in [1.82, 2.24) is 52.7 Å². The Hall–Kier alpha value is -12.9. The van der Waals surface area contributed by atoms with E-state index in [1.54, 1.807) is 0 Å². The summed E-state index contributed by atoms with van der Waals surface area (Å²) in [6.07, 6.45) is 0. The highest BCUT2D eigenvalue weighted by molar-refractivity contribution is 7.21. The minimum atomic E-state index is -7.27. The molecule has 11 nitrogen and oxygen atoms in total. The van der Waals surface area contributed by atoms with Gasteiger partial charge in [0.05, 0.1) is 125 Å². The van der Waals surface area contributed by atoms with Gasteiger partial charge in [0.2, 0.25) is 23.8 Å². The van der Waals surface area contributed by atoms with Gasteiger partial charge in [0.1, 0.15) is 0 Å². The number of nitrogens with zero attached hydrogens (tertiary/aromatic N) is 11. The normalized spacial score (nSPS) is 20.3. The maximum absolute atomic E-state index is 11.5. The highest BCUT2D eigenvalue weighted by Gasteiger charge is 2.48. The van der Waals surface area contributed by atoms with Gasteiger partial charge < -0.3 is 4.57 Å². The molecule has 0 fully saturated rings. The van der Waals surface area contributed by atoms with Crippen molar-refractivity contribution in [3.05, 3.63) is 308 Å². The van der Waals surface area contributed by atoms with E-state index in [0.29, 0.717) is 22.8 Å². The molecule has 0 radical (unpaired) electrons. The van der Waals surface area contributed by atoms with Gasteiger partial charge in [0, 0.05) is 70.7 Å². The molecular weight excluding hydrogens is 1190 g/mol. The lowest BCUT2D eigenvalue weighted by Gasteiger charge is -2.40. The summed E-state index contributed by atoms with van der Waals surface area (Å²) in [4.78, 5) is 28.3. The number of hydrogen-bond acceptors (Lipinski definition) is 6. The van der Waals surface area contributed by atoms with Crippen LogP contribution in [0.15, 0.2) is 308 Å². The molecule has 0 aliphatic carbocycles. The lowest BCUT2D eigenvalue weighted by molar-refractivity contribution is 0.892. The maximum atomic E-state index is 11.5. The minimum Gasteiger partial charge on any atom is -0.309 e. The number of aromatic nitrogens is 11. The van der Waals surface area contributed by atoms with Gasteiger partial charge in [-0.25, -0.2) is 0 Å². The number of fused-ring (bicyclic) bond motifs is 17. The van der Waals surface area contributed by atoms with Crippen molar-refractivity contribution < 1.29 is 69.9 Å². The molecule has 21 rings (SSSR count). The van der Waals surface area contributed by atoms with E-state index in [1.165, 1.54) is 0 Å². The second-order valence-electron chi connectivity index (χ2n) is 21.2. The predicted molar refractivity (Wildman–Crippen MR) is 393 cm³/mol. The molecule has 1 aliphatic rings. The second kappa shape index (κ2) is 20.1. The van der Waals surface area contributed by atoms with E-state index >= 15 is 0 Å².